The molecule has 0 saturated carbocycles. The molecule has 0 amide bonds. The summed E-state index contributed by atoms with van der Waals surface area (Å²) in [5.74, 6) is 0.235. The van der Waals surface area contributed by atoms with Gasteiger partial charge in [0.1, 0.15) is 11.4 Å². The maximum absolute atomic E-state index is 10.9. The molecule has 3 nitrogen and oxygen atoms in total. The second-order valence-electron chi connectivity index (χ2n) is 1.97. The van der Waals surface area contributed by atoms with E-state index in [9.17, 15) is 4.55 Å². The van der Waals surface area contributed by atoms with Gasteiger partial charge in [0.05, 0.1) is 0 Å². The molecule has 0 bridgehead atoms. The van der Waals surface area contributed by atoms with E-state index in [-0.39, 0.29) is 5.82 Å². The number of nitrogens with two attached hydrogens (primary N) is 1. The highest BCUT2D eigenvalue weighted by molar-refractivity contribution is 7.90. The molecule has 1 atom stereocenters. The van der Waals surface area contributed by atoms with Gasteiger partial charge in [0.2, 0.25) is 0 Å². The molecular formula is C6H7ClN2OS. The summed E-state index contributed by atoms with van der Waals surface area (Å²) in [5, 5.41) is 0.316. The lowest BCUT2D eigenvalue weighted by Crippen LogP contribution is -2.03. The van der Waals surface area contributed by atoms with Gasteiger partial charge in [-0.15, -0.1) is 0 Å². The van der Waals surface area contributed by atoms with Gasteiger partial charge in [0.25, 0.3) is 0 Å². The van der Waals surface area contributed by atoms with Crippen LogP contribution in [0.15, 0.2) is 17.0 Å². The van der Waals surface area contributed by atoms with Crippen LogP contribution in [0.25, 0.3) is 0 Å². The molecule has 1 rings (SSSR count). The second kappa shape index (κ2) is 3.30. The Morgan fingerprint density at radius 1 is 1.64 bits per heavy atom. The topological polar surface area (TPSA) is 62.0 Å². The van der Waals surface area contributed by atoms with Gasteiger partial charge < -0.3 is 10.3 Å². The Bertz CT molecular complexity index is 267. The molecule has 2 N–H and O–H groups in total. The SMILES string of the molecule is C[S@@+]([O-])c1ccc(Cl)nc1N. The van der Waals surface area contributed by atoms with Crippen LogP contribution in [0.2, 0.25) is 5.15 Å². The lowest BCUT2D eigenvalue weighted by molar-refractivity contribution is 0.601. The van der Waals surface area contributed by atoms with Gasteiger partial charge in [-0.2, -0.15) is 0 Å². The number of nitrogen functional groups attached to an aromatic ring is 1. The summed E-state index contributed by atoms with van der Waals surface area (Å²) in [6, 6.07) is 3.18. The number of aromatic nitrogens is 1. The molecule has 1 aromatic heterocycles. The van der Waals surface area contributed by atoms with Crippen molar-refractivity contribution in [1.29, 1.82) is 0 Å². The van der Waals surface area contributed by atoms with Crippen LogP contribution >= 0.6 is 11.6 Å². The Labute approximate surface area is 72.8 Å². The molecule has 1 aromatic rings. The highest BCUT2D eigenvalue weighted by Gasteiger charge is 2.09. The van der Waals surface area contributed by atoms with Crippen LogP contribution in [-0.2, 0) is 11.2 Å². The van der Waals surface area contributed by atoms with Gasteiger partial charge in [-0.1, -0.05) is 11.6 Å². The van der Waals surface area contributed by atoms with Crippen molar-refractivity contribution in [3.63, 3.8) is 0 Å². The summed E-state index contributed by atoms with van der Waals surface area (Å²) in [6.45, 7) is 0. The number of rotatable bonds is 1. The van der Waals surface area contributed by atoms with Crippen LogP contribution < -0.4 is 5.73 Å². The average Bonchev–Trinajstić information content (AvgIpc) is 1.85. The first-order valence-corrected chi connectivity index (χ1v) is 4.80. The zero-order valence-corrected chi connectivity index (χ0v) is 7.45. The van der Waals surface area contributed by atoms with E-state index in [0.717, 1.165) is 0 Å². The molecule has 0 radical (unpaired) electrons. The Morgan fingerprint density at radius 3 is 2.73 bits per heavy atom. The first-order chi connectivity index (χ1) is 5.11. The van der Waals surface area contributed by atoms with Crippen LogP contribution in [0.1, 0.15) is 0 Å². The minimum Gasteiger partial charge on any atom is -0.612 e. The number of halogens is 1. The predicted octanol–water partition coefficient (Wildman–Crippen LogP) is 1.05. The minimum atomic E-state index is -1.09. The van der Waals surface area contributed by atoms with Gasteiger partial charge in [-0.05, 0) is 17.2 Å². The van der Waals surface area contributed by atoms with Gasteiger partial charge >= 0.3 is 0 Å². The van der Waals surface area contributed by atoms with E-state index in [1.165, 1.54) is 0 Å². The Hall–Kier alpha value is -0.450. The van der Waals surface area contributed by atoms with Crippen LogP contribution in [-0.4, -0.2) is 15.8 Å². The summed E-state index contributed by atoms with van der Waals surface area (Å²) < 4.78 is 10.9. The van der Waals surface area contributed by atoms with E-state index in [2.05, 4.69) is 4.98 Å². The van der Waals surface area contributed by atoms with Crippen LogP contribution in [0.4, 0.5) is 5.82 Å². The first-order valence-electron chi connectivity index (χ1n) is 2.86. The summed E-state index contributed by atoms with van der Waals surface area (Å²) >= 11 is 4.44. The fourth-order valence-electron chi connectivity index (χ4n) is 0.680. The maximum atomic E-state index is 10.9. The molecule has 1 heterocycles. The molecule has 0 spiro atoms. The van der Waals surface area contributed by atoms with Gasteiger partial charge in [0.15, 0.2) is 10.7 Å². The summed E-state index contributed by atoms with van der Waals surface area (Å²) in [5.41, 5.74) is 5.43. The van der Waals surface area contributed by atoms with Crippen LogP contribution in [0.5, 0.6) is 0 Å². The van der Waals surface area contributed by atoms with E-state index < -0.39 is 11.2 Å². The predicted molar refractivity (Wildman–Crippen MR) is 46.0 cm³/mol. The van der Waals surface area contributed by atoms with Crippen molar-refractivity contribution >= 4 is 28.6 Å². The van der Waals surface area contributed by atoms with E-state index in [1.54, 1.807) is 18.4 Å². The van der Waals surface area contributed by atoms with Gasteiger partial charge in [0, 0.05) is 6.07 Å². The van der Waals surface area contributed by atoms with Crippen molar-refractivity contribution in [1.82, 2.24) is 4.98 Å². The highest BCUT2D eigenvalue weighted by Crippen LogP contribution is 2.17. The van der Waals surface area contributed by atoms with Crippen molar-refractivity contribution in [2.24, 2.45) is 0 Å². The molecule has 0 aromatic carbocycles. The number of pyridine rings is 1. The molecule has 11 heavy (non-hydrogen) atoms. The molecule has 0 fully saturated rings. The smallest absolute Gasteiger partial charge is 0.194 e. The van der Waals surface area contributed by atoms with Gasteiger partial charge in [-0.25, -0.2) is 4.98 Å². The fourth-order valence-corrected chi connectivity index (χ4v) is 1.43. The van der Waals surface area contributed by atoms with Crippen LogP contribution in [0.3, 0.4) is 0 Å². The largest absolute Gasteiger partial charge is 0.612 e. The molecule has 0 saturated heterocycles. The number of nitrogens with zero attached hydrogens (tertiary/aromatic N) is 1. The van der Waals surface area contributed by atoms with E-state index >= 15 is 0 Å². The Morgan fingerprint density at radius 2 is 2.27 bits per heavy atom. The average molecular weight is 191 g/mol. The van der Waals surface area contributed by atoms with E-state index in [1.807, 2.05) is 0 Å². The maximum Gasteiger partial charge on any atom is 0.194 e. The lowest BCUT2D eigenvalue weighted by Gasteiger charge is -2.05. The summed E-state index contributed by atoms with van der Waals surface area (Å²) in [7, 11) is 0. The molecular weight excluding hydrogens is 184 g/mol. The van der Waals surface area contributed by atoms with Crippen molar-refractivity contribution in [3.05, 3.63) is 17.3 Å². The minimum absolute atomic E-state index is 0.235. The van der Waals surface area contributed by atoms with Crippen molar-refractivity contribution in [3.8, 4) is 0 Å². The lowest BCUT2D eigenvalue weighted by atomic mass is 10.5. The third-order valence-corrected chi connectivity index (χ3v) is 2.34. The van der Waals surface area contributed by atoms with Crippen molar-refractivity contribution in [2.45, 2.75) is 4.90 Å². The summed E-state index contributed by atoms with van der Waals surface area (Å²) in [6.07, 6.45) is 1.54. The van der Waals surface area contributed by atoms with E-state index in [0.29, 0.717) is 10.0 Å². The monoisotopic (exact) mass is 190 g/mol. The molecule has 60 valence electrons. The molecule has 0 aliphatic carbocycles. The van der Waals surface area contributed by atoms with Crippen LogP contribution in [0, 0.1) is 0 Å². The number of hydrogen-bond donors (Lipinski definition) is 1. The molecule has 0 unspecified atom stereocenters. The normalized spacial score (nSPS) is 13.0. The Kier molecular flexibility index (Phi) is 2.59. The highest BCUT2D eigenvalue weighted by atomic mass is 35.5. The zero-order valence-electron chi connectivity index (χ0n) is 5.87. The summed E-state index contributed by atoms with van der Waals surface area (Å²) in [4.78, 5) is 4.27. The zero-order chi connectivity index (χ0) is 8.43. The number of anilines is 1. The second-order valence-corrected chi connectivity index (χ2v) is 3.71. The van der Waals surface area contributed by atoms with Crippen molar-refractivity contribution in [2.75, 3.05) is 12.0 Å². The molecule has 5 heteroatoms. The van der Waals surface area contributed by atoms with Gasteiger partial charge in [-0.3, -0.25) is 0 Å². The third-order valence-electron chi connectivity index (χ3n) is 1.16. The number of hydrogen-bond acceptors (Lipinski definition) is 3. The first kappa shape index (κ1) is 8.64. The quantitative estimate of drug-likeness (QED) is 0.532. The fraction of sp³-hybridized carbons (Fsp3) is 0.167. The molecule has 0 aliphatic heterocycles. The van der Waals surface area contributed by atoms with Crippen molar-refractivity contribution < 1.29 is 4.55 Å². The van der Waals surface area contributed by atoms with E-state index in [4.69, 9.17) is 17.3 Å². The molecule has 0 aliphatic rings. The third kappa shape index (κ3) is 1.99. The standard InChI is InChI=1S/C6H7ClN2OS/c1-11(10)4-2-3-5(7)9-6(4)8/h2-3H,1H3,(H2,8,9)/t11-/m1/s1. The Balaban J connectivity index is 3.09.